The van der Waals surface area contributed by atoms with Gasteiger partial charge in [0.1, 0.15) is 11.1 Å². The molecular weight excluding hydrogens is 524 g/mol. The molecule has 1 aromatic carbocycles. The molecule has 0 saturated carbocycles. The highest BCUT2D eigenvalue weighted by molar-refractivity contribution is 9.11. The van der Waals surface area contributed by atoms with Crippen LogP contribution in [0.2, 0.25) is 0 Å². The monoisotopic (exact) mass is 532 g/mol. The summed E-state index contributed by atoms with van der Waals surface area (Å²) in [6.07, 6.45) is 1.83. The summed E-state index contributed by atoms with van der Waals surface area (Å²) in [6, 6.07) is 9.67. The molecule has 8 heteroatoms. The molecule has 0 aliphatic heterocycles. The third-order valence-electron chi connectivity index (χ3n) is 4.06. The standard InChI is InChI=1S/C20H10Br2N2O2S2/c1-10-2-3-27-17(10)6-12(8-23)19-24-16(9-28-19)14-5-11-4-13(21)7-15(22)18(11)26-20(14)25/h2-7,9H,1H3/b12-6+. The normalized spacial score (nSPS) is 11.7. The molecule has 4 rings (SSSR count). The van der Waals surface area contributed by atoms with E-state index in [-0.39, 0.29) is 0 Å². The number of aryl methyl sites for hydroxylation is 1. The molecule has 0 bridgehead atoms. The summed E-state index contributed by atoms with van der Waals surface area (Å²) in [4.78, 5) is 18.1. The number of aromatic nitrogens is 1. The summed E-state index contributed by atoms with van der Waals surface area (Å²) in [6.45, 7) is 2.00. The van der Waals surface area contributed by atoms with Gasteiger partial charge in [0.25, 0.3) is 0 Å². The number of nitrogens with zero attached hydrogens (tertiary/aromatic N) is 2. The van der Waals surface area contributed by atoms with Gasteiger partial charge in [0.15, 0.2) is 5.58 Å². The fraction of sp³-hybridized carbons (Fsp3) is 0.0500. The highest BCUT2D eigenvalue weighted by atomic mass is 79.9. The molecule has 0 radical (unpaired) electrons. The summed E-state index contributed by atoms with van der Waals surface area (Å²) in [5.41, 5.74) is 2.46. The summed E-state index contributed by atoms with van der Waals surface area (Å²) in [7, 11) is 0. The average molecular weight is 534 g/mol. The van der Waals surface area contributed by atoms with E-state index < -0.39 is 5.63 Å². The van der Waals surface area contributed by atoms with Gasteiger partial charge in [0.2, 0.25) is 0 Å². The second kappa shape index (κ2) is 7.76. The molecule has 0 N–H and O–H groups in total. The van der Waals surface area contributed by atoms with Crippen LogP contribution >= 0.6 is 54.5 Å². The minimum Gasteiger partial charge on any atom is -0.421 e. The highest BCUT2D eigenvalue weighted by Crippen LogP contribution is 2.32. The first-order chi connectivity index (χ1) is 13.5. The zero-order valence-electron chi connectivity index (χ0n) is 14.3. The molecule has 28 heavy (non-hydrogen) atoms. The number of rotatable bonds is 3. The first-order valence-corrected chi connectivity index (χ1v) is 11.4. The van der Waals surface area contributed by atoms with Crippen molar-refractivity contribution in [2.45, 2.75) is 6.92 Å². The molecule has 0 fully saturated rings. The van der Waals surface area contributed by atoms with Gasteiger partial charge >= 0.3 is 5.63 Å². The van der Waals surface area contributed by atoms with Crippen LogP contribution in [0.15, 0.2) is 53.2 Å². The molecule has 0 amide bonds. The molecular formula is C20H10Br2N2O2S2. The summed E-state index contributed by atoms with van der Waals surface area (Å²) in [5, 5.41) is 14.7. The number of allylic oxidation sites excluding steroid dienone is 1. The van der Waals surface area contributed by atoms with E-state index in [0.717, 1.165) is 20.3 Å². The fourth-order valence-corrected chi connectivity index (χ4v) is 5.65. The third kappa shape index (κ3) is 3.63. The second-order valence-electron chi connectivity index (χ2n) is 5.93. The largest absolute Gasteiger partial charge is 0.421 e. The lowest BCUT2D eigenvalue weighted by molar-refractivity contribution is 0.561. The van der Waals surface area contributed by atoms with E-state index in [0.29, 0.717) is 31.9 Å². The van der Waals surface area contributed by atoms with Crippen LogP contribution in [0.3, 0.4) is 0 Å². The van der Waals surface area contributed by atoms with Crippen molar-refractivity contribution in [3.63, 3.8) is 0 Å². The van der Waals surface area contributed by atoms with Crippen LogP contribution in [-0.4, -0.2) is 4.98 Å². The lowest BCUT2D eigenvalue weighted by Crippen LogP contribution is -2.03. The fourth-order valence-electron chi connectivity index (χ4n) is 2.66. The van der Waals surface area contributed by atoms with Crippen LogP contribution in [0.25, 0.3) is 33.9 Å². The predicted octanol–water partition coefficient (Wildman–Crippen LogP) is 6.88. The van der Waals surface area contributed by atoms with Crippen molar-refractivity contribution < 1.29 is 4.42 Å². The highest BCUT2D eigenvalue weighted by Gasteiger charge is 2.15. The Morgan fingerprint density at radius 3 is 2.82 bits per heavy atom. The first kappa shape index (κ1) is 19.3. The molecule has 0 saturated heterocycles. The number of nitriles is 1. The molecule has 0 atom stereocenters. The number of thiazole rings is 1. The van der Waals surface area contributed by atoms with Gasteiger partial charge in [0, 0.05) is 20.1 Å². The van der Waals surface area contributed by atoms with Gasteiger partial charge in [-0.05, 0) is 64.1 Å². The van der Waals surface area contributed by atoms with Crippen molar-refractivity contribution in [2.75, 3.05) is 0 Å². The zero-order valence-corrected chi connectivity index (χ0v) is 19.1. The maximum atomic E-state index is 12.5. The van der Waals surface area contributed by atoms with Gasteiger partial charge in [-0.25, -0.2) is 9.78 Å². The van der Waals surface area contributed by atoms with E-state index in [2.05, 4.69) is 42.9 Å². The van der Waals surface area contributed by atoms with Gasteiger partial charge < -0.3 is 4.42 Å². The number of benzene rings is 1. The van der Waals surface area contributed by atoms with Crippen LogP contribution in [0.5, 0.6) is 0 Å². The molecule has 4 aromatic rings. The van der Waals surface area contributed by atoms with Crippen LogP contribution in [0.1, 0.15) is 15.4 Å². The number of hydrogen-bond acceptors (Lipinski definition) is 6. The van der Waals surface area contributed by atoms with Crippen LogP contribution < -0.4 is 5.63 Å². The average Bonchev–Trinajstić information content (AvgIpc) is 3.29. The molecule has 138 valence electrons. The smallest absolute Gasteiger partial charge is 0.345 e. The number of fused-ring (bicyclic) bond motifs is 1. The van der Waals surface area contributed by atoms with E-state index >= 15 is 0 Å². The number of thiophene rings is 1. The van der Waals surface area contributed by atoms with Crippen LogP contribution in [0.4, 0.5) is 0 Å². The maximum Gasteiger partial charge on any atom is 0.345 e. The van der Waals surface area contributed by atoms with Gasteiger partial charge in [-0.1, -0.05) is 15.9 Å². The van der Waals surface area contributed by atoms with E-state index in [1.54, 1.807) is 22.8 Å². The molecule has 4 nitrogen and oxygen atoms in total. The van der Waals surface area contributed by atoms with Gasteiger partial charge in [0.05, 0.1) is 21.3 Å². The molecule has 0 spiro atoms. The molecule has 3 heterocycles. The van der Waals surface area contributed by atoms with Crippen molar-refractivity contribution in [1.82, 2.24) is 4.98 Å². The molecule has 0 aliphatic rings. The van der Waals surface area contributed by atoms with E-state index in [1.807, 2.05) is 36.6 Å². The Kier molecular flexibility index (Phi) is 5.34. The third-order valence-corrected chi connectivity index (χ3v) is 6.95. The number of halogens is 2. The van der Waals surface area contributed by atoms with Crippen molar-refractivity contribution in [3.8, 4) is 17.3 Å². The van der Waals surface area contributed by atoms with Crippen molar-refractivity contribution in [2.24, 2.45) is 0 Å². The Balaban J connectivity index is 1.80. The van der Waals surface area contributed by atoms with Crippen molar-refractivity contribution in [3.05, 3.63) is 69.8 Å². The lowest BCUT2D eigenvalue weighted by atomic mass is 10.1. The Morgan fingerprint density at radius 1 is 1.29 bits per heavy atom. The van der Waals surface area contributed by atoms with E-state index in [9.17, 15) is 10.1 Å². The minimum atomic E-state index is -0.469. The molecule has 3 aromatic heterocycles. The molecule has 0 aliphatic carbocycles. The minimum absolute atomic E-state index is 0.365. The zero-order chi connectivity index (χ0) is 19.8. The summed E-state index contributed by atoms with van der Waals surface area (Å²) >= 11 is 9.76. The Hall–Kier alpha value is -2.05. The topological polar surface area (TPSA) is 66.9 Å². The van der Waals surface area contributed by atoms with Crippen molar-refractivity contribution >= 4 is 77.2 Å². The Labute approximate surface area is 185 Å². The number of hydrogen-bond donors (Lipinski definition) is 0. The summed E-state index contributed by atoms with van der Waals surface area (Å²) in [5.74, 6) is 0. The van der Waals surface area contributed by atoms with Crippen LogP contribution in [-0.2, 0) is 0 Å². The summed E-state index contributed by atoms with van der Waals surface area (Å²) < 4.78 is 7.06. The Morgan fingerprint density at radius 2 is 2.11 bits per heavy atom. The predicted molar refractivity (Wildman–Crippen MR) is 122 cm³/mol. The molecule has 0 unspecified atom stereocenters. The van der Waals surface area contributed by atoms with Gasteiger partial charge in [-0.3, -0.25) is 0 Å². The second-order valence-corrected chi connectivity index (χ2v) is 9.50. The lowest BCUT2D eigenvalue weighted by Gasteiger charge is -2.03. The first-order valence-electron chi connectivity index (χ1n) is 8.01. The van der Waals surface area contributed by atoms with Gasteiger partial charge in [-0.15, -0.1) is 22.7 Å². The van der Waals surface area contributed by atoms with Crippen LogP contribution in [0, 0.1) is 18.3 Å². The SMILES string of the molecule is Cc1ccsc1/C=C(\C#N)c1nc(-c2cc3cc(Br)cc(Br)c3oc2=O)cs1. The quantitative estimate of drug-likeness (QED) is 0.213. The van der Waals surface area contributed by atoms with Crippen molar-refractivity contribution in [1.29, 1.82) is 5.26 Å². The van der Waals surface area contributed by atoms with E-state index in [1.165, 1.54) is 11.3 Å². The van der Waals surface area contributed by atoms with E-state index in [4.69, 9.17) is 4.42 Å². The Bertz CT molecular complexity index is 1340. The van der Waals surface area contributed by atoms with Gasteiger partial charge in [-0.2, -0.15) is 5.26 Å². The maximum absolute atomic E-state index is 12.5.